The Bertz CT molecular complexity index is 1670. The van der Waals surface area contributed by atoms with E-state index in [1.165, 1.54) is 26.7 Å². The van der Waals surface area contributed by atoms with Gasteiger partial charge in [0.15, 0.2) is 17.4 Å². The van der Waals surface area contributed by atoms with Crippen molar-refractivity contribution >= 4 is 23.4 Å². The topological polar surface area (TPSA) is 107 Å². The second kappa shape index (κ2) is 14.9. The number of anilines is 3. The van der Waals surface area contributed by atoms with Crippen molar-refractivity contribution in [2.75, 3.05) is 51.1 Å². The highest BCUT2D eigenvalue weighted by atomic mass is 19.1. The minimum atomic E-state index is -0.865. The lowest BCUT2D eigenvalue weighted by Gasteiger charge is -2.26. The van der Waals surface area contributed by atoms with Gasteiger partial charge in [-0.05, 0) is 63.0 Å². The number of likely N-dealkylation sites (tertiary alicyclic amines) is 1. The first-order valence-corrected chi connectivity index (χ1v) is 15.0. The van der Waals surface area contributed by atoms with Crippen LogP contribution in [0.2, 0.25) is 0 Å². The van der Waals surface area contributed by atoms with Crippen LogP contribution >= 0.6 is 0 Å². The molecule has 1 aliphatic rings. The van der Waals surface area contributed by atoms with Crippen LogP contribution in [-0.2, 0) is 0 Å². The number of rotatable bonds is 11. The molecule has 0 radical (unpaired) electrons. The van der Waals surface area contributed by atoms with E-state index < -0.39 is 23.5 Å². The Hall–Kier alpha value is -4.97. The second-order valence-electron chi connectivity index (χ2n) is 10.9. The van der Waals surface area contributed by atoms with Crippen LogP contribution in [-0.4, -0.2) is 61.4 Å². The minimum Gasteiger partial charge on any atom is -0.497 e. The molecular weight excluding hydrogens is 596 g/mol. The van der Waals surface area contributed by atoms with E-state index in [0.717, 1.165) is 54.8 Å². The monoisotopic (exact) mass is 633 g/mol. The van der Waals surface area contributed by atoms with Crippen molar-refractivity contribution in [3.8, 4) is 34.4 Å². The third-order valence-electron chi connectivity index (χ3n) is 7.78. The number of carbonyl (C=O) groups is 1. The molecule has 1 aromatic heterocycles. The fourth-order valence-corrected chi connectivity index (χ4v) is 5.19. The first-order chi connectivity index (χ1) is 22.2. The summed E-state index contributed by atoms with van der Waals surface area (Å²) in [7, 11) is 2.98. The van der Waals surface area contributed by atoms with Crippen LogP contribution < -0.4 is 29.6 Å². The first kappa shape index (κ1) is 32.4. The molecule has 242 valence electrons. The molecule has 46 heavy (non-hydrogen) atoms. The molecule has 4 aromatic rings. The van der Waals surface area contributed by atoms with E-state index in [-0.39, 0.29) is 24.1 Å². The van der Waals surface area contributed by atoms with E-state index >= 15 is 8.78 Å². The quantitative estimate of drug-likeness (QED) is 0.176. The molecule has 3 aromatic carbocycles. The molecule has 12 heteroatoms. The van der Waals surface area contributed by atoms with Gasteiger partial charge in [0.05, 0.1) is 25.6 Å². The van der Waals surface area contributed by atoms with Crippen LogP contribution in [0.3, 0.4) is 0 Å². The number of carbonyl (C=O) groups excluding carboxylic acids is 1. The van der Waals surface area contributed by atoms with Gasteiger partial charge < -0.3 is 24.3 Å². The Morgan fingerprint density at radius 1 is 0.935 bits per heavy atom. The van der Waals surface area contributed by atoms with Gasteiger partial charge in [-0.25, -0.2) is 18.6 Å². The molecule has 1 fully saturated rings. The van der Waals surface area contributed by atoms with Crippen molar-refractivity contribution in [1.82, 2.24) is 14.9 Å². The number of ether oxygens (including phenoxy) is 4. The van der Waals surface area contributed by atoms with E-state index in [1.807, 2.05) is 32.0 Å². The van der Waals surface area contributed by atoms with Crippen molar-refractivity contribution in [2.24, 2.45) is 0 Å². The average molecular weight is 634 g/mol. The maximum Gasteiger partial charge on any atom is 0.418 e. The summed E-state index contributed by atoms with van der Waals surface area (Å²) in [6, 6.07) is 14.3. The van der Waals surface area contributed by atoms with Crippen molar-refractivity contribution in [3.05, 3.63) is 77.4 Å². The lowest BCUT2D eigenvalue weighted by atomic mass is 10.0. The normalized spacial score (nSPS) is 13.2. The zero-order chi connectivity index (χ0) is 32.6. The molecule has 1 aliphatic heterocycles. The fourth-order valence-electron chi connectivity index (χ4n) is 5.19. The van der Waals surface area contributed by atoms with Crippen LogP contribution in [0.4, 0.5) is 30.9 Å². The second-order valence-corrected chi connectivity index (χ2v) is 10.9. The van der Waals surface area contributed by atoms with Gasteiger partial charge in [0.2, 0.25) is 11.8 Å². The predicted octanol–water partition coefficient (Wildman–Crippen LogP) is 7.28. The minimum absolute atomic E-state index is 0.0409. The van der Waals surface area contributed by atoms with Crippen molar-refractivity contribution in [3.63, 3.8) is 0 Å². The summed E-state index contributed by atoms with van der Waals surface area (Å²) in [6.07, 6.45) is 2.59. The summed E-state index contributed by atoms with van der Waals surface area (Å²) in [5, 5.41) is 5.48. The number of halogens is 2. The highest BCUT2D eigenvalue weighted by Crippen LogP contribution is 2.32. The maximum atomic E-state index is 15.0. The molecule has 1 amide bonds. The van der Waals surface area contributed by atoms with Gasteiger partial charge in [0, 0.05) is 42.1 Å². The van der Waals surface area contributed by atoms with Crippen LogP contribution in [0.1, 0.15) is 30.4 Å². The summed E-state index contributed by atoms with van der Waals surface area (Å²) in [6.45, 7) is 6.60. The van der Waals surface area contributed by atoms with Gasteiger partial charge >= 0.3 is 6.09 Å². The van der Waals surface area contributed by atoms with E-state index in [0.29, 0.717) is 29.4 Å². The SMILES string of the molecule is COc1ccc(NC(=O)Oc2cc(-c3cccc(C)c3C)nc(Nc3cc(F)c(OCCN4CCCCC4)c(F)c3)n2)c(OC)c1. The Morgan fingerprint density at radius 3 is 2.41 bits per heavy atom. The zero-order valence-electron chi connectivity index (χ0n) is 26.3. The van der Waals surface area contributed by atoms with Crippen molar-refractivity contribution in [1.29, 1.82) is 0 Å². The number of benzene rings is 3. The van der Waals surface area contributed by atoms with Gasteiger partial charge in [-0.2, -0.15) is 4.98 Å². The number of hydrogen-bond acceptors (Lipinski definition) is 9. The summed E-state index contributed by atoms with van der Waals surface area (Å²) < 4.78 is 51.6. The number of nitrogens with one attached hydrogen (secondary N) is 2. The van der Waals surface area contributed by atoms with Gasteiger partial charge in [0.25, 0.3) is 0 Å². The summed E-state index contributed by atoms with van der Waals surface area (Å²) in [5.74, 6) is -1.40. The van der Waals surface area contributed by atoms with E-state index in [9.17, 15) is 4.79 Å². The Balaban J connectivity index is 1.37. The van der Waals surface area contributed by atoms with Crippen LogP contribution in [0.25, 0.3) is 11.3 Å². The molecule has 0 saturated carbocycles. The van der Waals surface area contributed by atoms with Crippen LogP contribution in [0.5, 0.6) is 23.1 Å². The number of hydrogen-bond donors (Lipinski definition) is 2. The molecule has 1 saturated heterocycles. The third kappa shape index (κ3) is 7.99. The third-order valence-corrected chi connectivity index (χ3v) is 7.78. The van der Waals surface area contributed by atoms with Crippen LogP contribution in [0.15, 0.2) is 54.6 Å². The molecule has 0 bridgehead atoms. The van der Waals surface area contributed by atoms with Gasteiger partial charge in [-0.15, -0.1) is 0 Å². The van der Waals surface area contributed by atoms with E-state index in [1.54, 1.807) is 18.2 Å². The van der Waals surface area contributed by atoms with Gasteiger partial charge in [0.1, 0.15) is 18.1 Å². The summed E-state index contributed by atoms with van der Waals surface area (Å²) >= 11 is 0. The molecular formula is C34H37F2N5O5. The number of nitrogens with zero attached hydrogens (tertiary/aromatic N) is 3. The van der Waals surface area contributed by atoms with Gasteiger partial charge in [-0.3, -0.25) is 10.2 Å². The molecule has 2 N–H and O–H groups in total. The van der Waals surface area contributed by atoms with Crippen LogP contribution in [0, 0.1) is 25.5 Å². The largest absolute Gasteiger partial charge is 0.497 e. The highest BCUT2D eigenvalue weighted by molar-refractivity contribution is 5.88. The standard InChI is InChI=1S/C34H37F2N5O5/c1-21-9-8-10-25(22(21)2)29-20-31(46-34(42)39-28-12-11-24(43-3)19-30(28)44-4)40-33(38-29)37-23-17-26(35)32(27(36)18-23)45-16-15-41-13-6-5-7-14-41/h8-12,17-20H,5-7,13-16H2,1-4H3,(H,39,42)(H,37,38,40). The molecule has 2 heterocycles. The maximum absolute atomic E-state index is 15.0. The molecule has 10 nitrogen and oxygen atoms in total. The fraction of sp³-hybridized carbons (Fsp3) is 0.324. The molecule has 0 aliphatic carbocycles. The molecule has 0 atom stereocenters. The Kier molecular flexibility index (Phi) is 10.5. The lowest BCUT2D eigenvalue weighted by Crippen LogP contribution is -2.33. The number of aromatic nitrogens is 2. The highest BCUT2D eigenvalue weighted by Gasteiger charge is 2.18. The molecule has 0 spiro atoms. The number of amides is 1. The Labute approximate surface area is 266 Å². The smallest absolute Gasteiger partial charge is 0.418 e. The molecule has 5 rings (SSSR count). The van der Waals surface area contributed by atoms with E-state index in [4.69, 9.17) is 18.9 Å². The van der Waals surface area contributed by atoms with E-state index in [2.05, 4.69) is 25.5 Å². The molecule has 0 unspecified atom stereocenters. The lowest BCUT2D eigenvalue weighted by molar-refractivity contribution is 0.177. The predicted molar refractivity (Wildman–Crippen MR) is 172 cm³/mol. The number of piperidine rings is 1. The number of methoxy groups -OCH3 is 2. The first-order valence-electron chi connectivity index (χ1n) is 15.0. The van der Waals surface area contributed by atoms with Crippen molar-refractivity contribution < 1.29 is 32.5 Å². The summed E-state index contributed by atoms with van der Waals surface area (Å²) in [5.41, 5.74) is 3.57. The average Bonchev–Trinajstić information content (AvgIpc) is 3.04. The Morgan fingerprint density at radius 2 is 1.70 bits per heavy atom. The zero-order valence-corrected chi connectivity index (χ0v) is 26.3. The number of aryl methyl sites for hydroxylation is 1. The summed E-state index contributed by atoms with van der Waals surface area (Å²) in [4.78, 5) is 24.0. The van der Waals surface area contributed by atoms with Gasteiger partial charge in [-0.1, -0.05) is 24.6 Å². The van der Waals surface area contributed by atoms with Crippen molar-refractivity contribution in [2.45, 2.75) is 33.1 Å².